The van der Waals surface area contributed by atoms with Crippen LogP contribution in [0, 0.1) is 0 Å². The van der Waals surface area contributed by atoms with Gasteiger partial charge in [-0.3, -0.25) is 4.90 Å². The second kappa shape index (κ2) is 11.5. The largest absolute Gasteiger partial charge is 0.433 e. The molecule has 1 aliphatic rings. The third kappa shape index (κ3) is 6.51. The maximum absolute atomic E-state index is 14.3. The molecule has 0 amide bonds. The molecular formula is C28H22ClF8N5. The van der Waals surface area contributed by atoms with Crippen molar-refractivity contribution < 1.29 is 35.1 Å². The van der Waals surface area contributed by atoms with E-state index in [2.05, 4.69) is 10.1 Å². The summed E-state index contributed by atoms with van der Waals surface area (Å²) in [5.41, 5.74) is 0.341. The molecule has 0 unspecified atom stereocenters. The summed E-state index contributed by atoms with van der Waals surface area (Å²) in [6.07, 6.45) is -10.9. The van der Waals surface area contributed by atoms with E-state index in [9.17, 15) is 35.1 Å². The predicted molar refractivity (Wildman–Crippen MR) is 142 cm³/mol. The Morgan fingerprint density at radius 2 is 1.57 bits per heavy atom. The molecule has 0 spiro atoms. The first kappa shape index (κ1) is 29.8. The van der Waals surface area contributed by atoms with Crippen LogP contribution in [0.1, 0.15) is 17.7 Å². The van der Waals surface area contributed by atoms with Crippen molar-refractivity contribution in [2.75, 3.05) is 37.6 Å². The van der Waals surface area contributed by atoms with Crippen LogP contribution in [0.25, 0.3) is 28.2 Å². The molecule has 3 heterocycles. The van der Waals surface area contributed by atoms with Gasteiger partial charge in [-0.2, -0.15) is 31.4 Å². The fourth-order valence-electron chi connectivity index (χ4n) is 4.96. The van der Waals surface area contributed by atoms with Crippen LogP contribution >= 0.6 is 11.6 Å². The first-order chi connectivity index (χ1) is 19.8. The SMILES string of the molecule is FC(F)c1cc(-c2ccc(Cl)cc2-c2cccc(-n3nccc3C(F)(F)F)n2)ccc1N1CCN(CC(F)(F)F)CC1. The van der Waals surface area contributed by atoms with Gasteiger partial charge in [0, 0.05) is 48.0 Å². The molecular weight excluding hydrogens is 594 g/mol. The molecule has 1 saturated heterocycles. The summed E-state index contributed by atoms with van der Waals surface area (Å²) < 4.78 is 108. The Morgan fingerprint density at radius 3 is 2.24 bits per heavy atom. The smallest absolute Gasteiger partial charge is 0.369 e. The fourth-order valence-corrected chi connectivity index (χ4v) is 5.13. The van der Waals surface area contributed by atoms with Crippen molar-refractivity contribution in [2.45, 2.75) is 18.8 Å². The Labute approximate surface area is 239 Å². The van der Waals surface area contributed by atoms with Crippen LogP contribution < -0.4 is 4.90 Å². The number of halogens is 9. The molecule has 2 aromatic heterocycles. The summed E-state index contributed by atoms with van der Waals surface area (Å²) in [5, 5.41) is 4.04. The minimum absolute atomic E-state index is 0.0690. The number of aromatic nitrogens is 3. The number of nitrogens with zero attached hydrogens (tertiary/aromatic N) is 5. The van der Waals surface area contributed by atoms with Gasteiger partial charge in [0.05, 0.1) is 18.4 Å². The zero-order chi connectivity index (χ0) is 30.2. The van der Waals surface area contributed by atoms with Gasteiger partial charge in [0.25, 0.3) is 6.43 Å². The van der Waals surface area contributed by atoms with Crippen molar-refractivity contribution in [3.63, 3.8) is 0 Å². The highest BCUT2D eigenvalue weighted by molar-refractivity contribution is 6.31. The topological polar surface area (TPSA) is 37.2 Å². The van der Waals surface area contributed by atoms with E-state index >= 15 is 0 Å². The van der Waals surface area contributed by atoms with Crippen molar-refractivity contribution in [1.82, 2.24) is 19.7 Å². The highest BCUT2D eigenvalue weighted by atomic mass is 35.5. The molecule has 1 aliphatic heterocycles. The first-order valence-corrected chi connectivity index (χ1v) is 13.0. The summed E-state index contributed by atoms with van der Waals surface area (Å²) in [7, 11) is 0. The predicted octanol–water partition coefficient (Wildman–Crippen LogP) is 7.90. The van der Waals surface area contributed by atoms with Crippen molar-refractivity contribution in [3.05, 3.63) is 83.1 Å². The normalized spacial score (nSPS) is 15.0. The highest BCUT2D eigenvalue weighted by Gasteiger charge is 2.36. The summed E-state index contributed by atoms with van der Waals surface area (Å²) in [6.45, 7) is -0.635. The van der Waals surface area contributed by atoms with Gasteiger partial charge in [0.2, 0.25) is 0 Å². The average Bonchev–Trinajstić information content (AvgIpc) is 3.44. The van der Waals surface area contributed by atoms with Gasteiger partial charge in [-0.25, -0.2) is 18.4 Å². The van der Waals surface area contributed by atoms with Gasteiger partial charge in [0.1, 0.15) is 5.69 Å². The maximum Gasteiger partial charge on any atom is 0.433 e. The van der Waals surface area contributed by atoms with Crippen molar-refractivity contribution in [2.24, 2.45) is 0 Å². The van der Waals surface area contributed by atoms with Gasteiger partial charge in [-0.05, 0) is 53.6 Å². The maximum atomic E-state index is 14.3. The van der Waals surface area contributed by atoms with E-state index < -0.39 is 31.0 Å². The zero-order valence-corrected chi connectivity index (χ0v) is 22.4. The summed E-state index contributed by atoms with van der Waals surface area (Å²) >= 11 is 6.24. The molecule has 5 rings (SSSR count). The lowest BCUT2D eigenvalue weighted by Crippen LogP contribution is -2.49. The van der Waals surface area contributed by atoms with Gasteiger partial charge in [-0.1, -0.05) is 29.8 Å². The minimum Gasteiger partial charge on any atom is -0.369 e. The Bertz CT molecular complexity index is 1560. The molecule has 0 aliphatic carbocycles. The van der Waals surface area contributed by atoms with E-state index in [0.29, 0.717) is 26.4 Å². The molecule has 14 heteroatoms. The molecule has 5 nitrogen and oxygen atoms in total. The van der Waals surface area contributed by atoms with Crippen LogP contribution in [0.5, 0.6) is 0 Å². The van der Waals surface area contributed by atoms with E-state index in [1.165, 1.54) is 35.2 Å². The van der Waals surface area contributed by atoms with Crippen LogP contribution in [-0.2, 0) is 6.18 Å². The zero-order valence-electron chi connectivity index (χ0n) is 21.6. The minimum atomic E-state index is -4.67. The Hall–Kier alpha value is -3.71. The number of pyridine rings is 1. The van der Waals surface area contributed by atoms with Crippen LogP contribution in [-0.4, -0.2) is 58.6 Å². The molecule has 1 fully saturated rings. The molecule has 0 N–H and O–H groups in total. The van der Waals surface area contributed by atoms with E-state index in [0.717, 1.165) is 12.3 Å². The average molecular weight is 616 g/mol. The van der Waals surface area contributed by atoms with E-state index in [1.807, 2.05) is 0 Å². The number of rotatable bonds is 6. The van der Waals surface area contributed by atoms with Crippen LogP contribution in [0.4, 0.5) is 40.8 Å². The molecule has 42 heavy (non-hydrogen) atoms. The summed E-state index contributed by atoms with van der Waals surface area (Å²) in [4.78, 5) is 7.23. The number of benzene rings is 2. The number of hydrogen-bond acceptors (Lipinski definition) is 4. The third-order valence-corrected chi connectivity index (χ3v) is 7.07. The van der Waals surface area contributed by atoms with Gasteiger partial charge < -0.3 is 4.90 Å². The van der Waals surface area contributed by atoms with Crippen molar-refractivity contribution in [1.29, 1.82) is 0 Å². The van der Waals surface area contributed by atoms with Crippen molar-refractivity contribution >= 4 is 17.3 Å². The summed E-state index contributed by atoms with van der Waals surface area (Å²) in [5.74, 6) is -0.107. The molecule has 0 atom stereocenters. The molecule has 0 saturated carbocycles. The number of alkyl halides is 8. The molecule has 2 aromatic carbocycles. The molecule has 0 radical (unpaired) electrons. The van der Waals surface area contributed by atoms with Gasteiger partial charge >= 0.3 is 12.4 Å². The van der Waals surface area contributed by atoms with Gasteiger partial charge in [0.15, 0.2) is 5.82 Å². The lowest BCUT2D eigenvalue weighted by Gasteiger charge is -2.37. The van der Waals surface area contributed by atoms with Crippen LogP contribution in [0.3, 0.4) is 0 Å². The highest BCUT2D eigenvalue weighted by Crippen LogP contribution is 2.39. The second-order valence-electron chi connectivity index (χ2n) is 9.65. The molecule has 0 bridgehead atoms. The van der Waals surface area contributed by atoms with E-state index in [1.54, 1.807) is 29.2 Å². The molecule has 4 aromatic rings. The Balaban J connectivity index is 1.50. The van der Waals surface area contributed by atoms with Gasteiger partial charge in [-0.15, -0.1) is 0 Å². The third-order valence-electron chi connectivity index (χ3n) is 6.83. The van der Waals surface area contributed by atoms with E-state index in [-0.39, 0.29) is 48.9 Å². The standard InChI is InChI=1S/C28H22ClF8N5/c29-18-5-6-19(20(15-18)22-2-1-3-25(39-22)42-24(8-9-38-42)28(35,36)37)17-4-7-23(21(14-17)26(30)31)41-12-10-40(11-13-41)16-27(32,33)34/h1-9,14-15,26H,10-13,16H2. The van der Waals surface area contributed by atoms with E-state index in [4.69, 9.17) is 11.6 Å². The second-order valence-corrected chi connectivity index (χ2v) is 10.1. The van der Waals surface area contributed by atoms with Crippen LogP contribution in [0.15, 0.2) is 66.9 Å². The fraction of sp³-hybridized carbons (Fsp3) is 0.286. The quantitative estimate of drug-likeness (QED) is 0.207. The number of piperazine rings is 1. The van der Waals surface area contributed by atoms with Crippen molar-refractivity contribution in [3.8, 4) is 28.2 Å². The molecule has 222 valence electrons. The lowest BCUT2D eigenvalue weighted by atomic mass is 9.95. The first-order valence-electron chi connectivity index (χ1n) is 12.7. The number of anilines is 1. The van der Waals surface area contributed by atoms with Crippen LogP contribution in [0.2, 0.25) is 5.02 Å². The lowest BCUT2D eigenvalue weighted by molar-refractivity contribution is -0.146. The Morgan fingerprint density at radius 1 is 0.833 bits per heavy atom. The number of hydrogen-bond donors (Lipinski definition) is 0. The Kier molecular flexibility index (Phi) is 8.17. The monoisotopic (exact) mass is 615 g/mol. The summed E-state index contributed by atoms with van der Waals surface area (Å²) in [6, 6.07) is 14.3.